The van der Waals surface area contributed by atoms with Crippen molar-refractivity contribution in [1.82, 2.24) is 4.72 Å². The van der Waals surface area contributed by atoms with E-state index < -0.39 is 14.9 Å². The van der Waals surface area contributed by atoms with Crippen LogP contribution in [0.2, 0.25) is 0 Å². The third kappa shape index (κ3) is 3.80. The number of phenols is 1. The number of nitro groups is 1. The van der Waals surface area contributed by atoms with Crippen LogP contribution in [0, 0.1) is 10.1 Å². The average molecular weight is 322 g/mol. The molecule has 0 heterocycles. The van der Waals surface area contributed by atoms with Crippen LogP contribution in [0.4, 0.5) is 5.69 Å². The molecule has 2 N–H and O–H groups in total. The van der Waals surface area contributed by atoms with Crippen molar-refractivity contribution in [2.24, 2.45) is 0 Å². The van der Waals surface area contributed by atoms with Crippen molar-refractivity contribution in [2.45, 2.75) is 11.3 Å². The highest BCUT2D eigenvalue weighted by molar-refractivity contribution is 7.89. The topological polar surface area (TPSA) is 110 Å². The van der Waals surface area contributed by atoms with E-state index in [0.29, 0.717) is 12.0 Å². The Balaban J connectivity index is 2.07. The highest BCUT2D eigenvalue weighted by Crippen LogP contribution is 2.18. The van der Waals surface area contributed by atoms with E-state index in [1.165, 1.54) is 24.3 Å². The molecule has 7 nitrogen and oxygen atoms in total. The molecule has 0 amide bonds. The van der Waals surface area contributed by atoms with Gasteiger partial charge in [-0.15, -0.1) is 0 Å². The summed E-state index contributed by atoms with van der Waals surface area (Å²) in [6, 6.07) is 11.5. The van der Waals surface area contributed by atoms with Gasteiger partial charge in [0.25, 0.3) is 5.69 Å². The van der Waals surface area contributed by atoms with Gasteiger partial charge in [-0.2, -0.15) is 0 Å². The van der Waals surface area contributed by atoms with Crippen molar-refractivity contribution >= 4 is 15.7 Å². The number of sulfonamides is 1. The van der Waals surface area contributed by atoms with Gasteiger partial charge in [0, 0.05) is 18.7 Å². The smallest absolute Gasteiger partial charge is 0.270 e. The Morgan fingerprint density at radius 3 is 2.55 bits per heavy atom. The van der Waals surface area contributed by atoms with Crippen molar-refractivity contribution in [3.8, 4) is 5.75 Å². The average Bonchev–Trinajstić information content (AvgIpc) is 2.49. The molecule has 116 valence electrons. The first kappa shape index (κ1) is 15.9. The Bertz CT molecular complexity index is 789. The largest absolute Gasteiger partial charge is 0.508 e. The number of phenolic OH excluding ortho intramolecular Hbond substituents is 1. The molecule has 22 heavy (non-hydrogen) atoms. The molecule has 0 saturated heterocycles. The summed E-state index contributed by atoms with van der Waals surface area (Å²) in [6.07, 6.45) is 0.306. The number of nitrogens with zero attached hydrogens (tertiary/aromatic N) is 1. The molecule has 0 aliphatic carbocycles. The van der Waals surface area contributed by atoms with Gasteiger partial charge in [-0.3, -0.25) is 10.1 Å². The third-order valence-electron chi connectivity index (χ3n) is 3.02. The zero-order chi connectivity index (χ0) is 16.2. The minimum atomic E-state index is -3.84. The molecule has 2 rings (SSSR count). The first-order chi connectivity index (χ1) is 10.4. The predicted molar refractivity (Wildman–Crippen MR) is 80.1 cm³/mol. The Hall–Kier alpha value is -2.45. The van der Waals surface area contributed by atoms with Crippen molar-refractivity contribution in [2.75, 3.05) is 6.54 Å². The van der Waals surface area contributed by atoms with Gasteiger partial charge in [0.05, 0.1) is 9.82 Å². The highest BCUT2D eigenvalue weighted by Gasteiger charge is 2.17. The summed E-state index contributed by atoms with van der Waals surface area (Å²) < 4.78 is 26.5. The molecular formula is C14H14N2O5S. The lowest BCUT2D eigenvalue weighted by Crippen LogP contribution is -2.26. The second kappa shape index (κ2) is 6.54. The normalized spacial score (nSPS) is 11.3. The third-order valence-corrected chi connectivity index (χ3v) is 4.48. The Kier molecular flexibility index (Phi) is 4.74. The summed E-state index contributed by atoms with van der Waals surface area (Å²) in [5.41, 5.74) is 0.327. The molecule has 0 aliphatic rings. The number of benzene rings is 2. The Morgan fingerprint density at radius 2 is 1.86 bits per heavy atom. The van der Waals surface area contributed by atoms with Crippen LogP contribution in [0.5, 0.6) is 5.75 Å². The molecule has 0 unspecified atom stereocenters. The molecule has 2 aromatic carbocycles. The van der Waals surface area contributed by atoms with Gasteiger partial charge in [0.1, 0.15) is 5.75 Å². The molecule has 0 aliphatic heterocycles. The molecule has 2 aromatic rings. The number of nitro benzene ring substituents is 1. The fourth-order valence-electron chi connectivity index (χ4n) is 1.89. The first-order valence-electron chi connectivity index (χ1n) is 6.41. The number of non-ortho nitro benzene ring substituents is 1. The van der Waals surface area contributed by atoms with Crippen LogP contribution < -0.4 is 4.72 Å². The minimum Gasteiger partial charge on any atom is -0.508 e. The summed E-state index contributed by atoms with van der Waals surface area (Å²) in [5.74, 6) is 0.0945. The van der Waals surface area contributed by atoms with Crippen LogP contribution in [0.1, 0.15) is 5.56 Å². The Morgan fingerprint density at radius 1 is 1.14 bits per heavy atom. The standard InChI is InChI=1S/C14H14N2O5S/c17-14-7-2-1-4-11(14)8-9-15-22(20,21)13-6-3-5-12(10-13)16(18)19/h1-7,10,15,17H,8-9H2. The van der Waals surface area contributed by atoms with Crippen molar-refractivity contribution in [3.05, 3.63) is 64.2 Å². The minimum absolute atomic E-state index is 0.0720. The number of hydrogen-bond donors (Lipinski definition) is 2. The maximum absolute atomic E-state index is 12.1. The van der Waals surface area contributed by atoms with Gasteiger partial charge in [0.2, 0.25) is 10.0 Å². The number of aromatic hydroxyl groups is 1. The summed E-state index contributed by atoms with van der Waals surface area (Å²) >= 11 is 0. The van der Waals surface area contributed by atoms with Gasteiger partial charge >= 0.3 is 0 Å². The highest BCUT2D eigenvalue weighted by atomic mass is 32.2. The fraction of sp³-hybridized carbons (Fsp3) is 0.143. The second-order valence-electron chi connectivity index (χ2n) is 4.53. The predicted octanol–water partition coefficient (Wildman–Crippen LogP) is 1.82. The van der Waals surface area contributed by atoms with Crippen LogP contribution in [0.3, 0.4) is 0 Å². The second-order valence-corrected chi connectivity index (χ2v) is 6.30. The van der Waals surface area contributed by atoms with Crippen LogP contribution in [-0.4, -0.2) is 25.0 Å². The van der Waals surface area contributed by atoms with E-state index in [9.17, 15) is 23.6 Å². The summed E-state index contributed by atoms with van der Waals surface area (Å²) in [7, 11) is -3.84. The van der Waals surface area contributed by atoms with E-state index in [2.05, 4.69) is 4.72 Å². The maximum atomic E-state index is 12.1. The lowest BCUT2D eigenvalue weighted by atomic mass is 10.1. The van der Waals surface area contributed by atoms with E-state index >= 15 is 0 Å². The van der Waals surface area contributed by atoms with Crippen LogP contribution in [0.25, 0.3) is 0 Å². The maximum Gasteiger partial charge on any atom is 0.270 e. The molecule has 0 aromatic heterocycles. The van der Waals surface area contributed by atoms with Crippen molar-refractivity contribution in [3.63, 3.8) is 0 Å². The fourth-order valence-corrected chi connectivity index (χ4v) is 2.96. The van der Waals surface area contributed by atoms with Crippen LogP contribution >= 0.6 is 0 Å². The van der Waals surface area contributed by atoms with Gasteiger partial charge in [0.15, 0.2) is 0 Å². The molecule has 0 bridgehead atoms. The summed E-state index contributed by atoms with van der Waals surface area (Å²) in [5, 5.41) is 20.3. The number of rotatable bonds is 6. The number of nitrogens with one attached hydrogen (secondary N) is 1. The SMILES string of the molecule is O=[N+]([O-])c1cccc(S(=O)(=O)NCCc2ccccc2O)c1. The molecular weight excluding hydrogens is 308 g/mol. The van der Waals surface area contributed by atoms with Crippen molar-refractivity contribution < 1.29 is 18.4 Å². The first-order valence-corrected chi connectivity index (χ1v) is 7.89. The molecule has 0 radical (unpaired) electrons. The monoisotopic (exact) mass is 322 g/mol. The summed E-state index contributed by atoms with van der Waals surface area (Å²) in [4.78, 5) is 9.86. The number of hydrogen-bond acceptors (Lipinski definition) is 5. The van der Waals surface area contributed by atoms with E-state index in [1.807, 2.05) is 0 Å². The van der Waals surface area contributed by atoms with Gasteiger partial charge in [-0.1, -0.05) is 24.3 Å². The van der Waals surface area contributed by atoms with E-state index in [-0.39, 0.29) is 22.9 Å². The molecule has 0 fully saturated rings. The Labute approximate surface area is 127 Å². The quantitative estimate of drug-likeness (QED) is 0.623. The van der Waals surface area contributed by atoms with Gasteiger partial charge < -0.3 is 5.11 Å². The van der Waals surface area contributed by atoms with E-state index in [0.717, 1.165) is 6.07 Å². The van der Waals surface area contributed by atoms with Gasteiger partial charge in [-0.05, 0) is 24.1 Å². The molecule has 0 spiro atoms. The molecule has 0 saturated carbocycles. The van der Waals surface area contributed by atoms with E-state index in [1.54, 1.807) is 18.2 Å². The molecule has 0 atom stereocenters. The lowest BCUT2D eigenvalue weighted by Gasteiger charge is -2.07. The lowest BCUT2D eigenvalue weighted by molar-refractivity contribution is -0.385. The van der Waals surface area contributed by atoms with Crippen LogP contribution in [-0.2, 0) is 16.4 Å². The van der Waals surface area contributed by atoms with E-state index in [4.69, 9.17) is 0 Å². The summed E-state index contributed by atoms with van der Waals surface area (Å²) in [6.45, 7) is 0.0720. The zero-order valence-electron chi connectivity index (χ0n) is 11.5. The zero-order valence-corrected chi connectivity index (χ0v) is 12.3. The number of para-hydroxylation sites is 1. The van der Waals surface area contributed by atoms with Crippen molar-refractivity contribution in [1.29, 1.82) is 0 Å². The molecule has 8 heteroatoms. The van der Waals surface area contributed by atoms with Crippen LogP contribution in [0.15, 0.2) is 53.4 Å². The van der Waals surface area contributed by atoms with Gasteiger partial charge in [-0.25, -0.2) is 13.1 Å².